The number of likely N-dealkylation sites (tertiary alicyclic amines) is 1. The van der Waals surface area contributed by atoms with E-state index in [-0.39, 0.29) is 24.1 Å². The van der Waals surface area contributed by atoms with E-state index in [9.17, 15) is 14.4 Å². The highest BCUT2D eigenvalue weighted by Gasteiger charge is 2.48. The summed E-state index contributed by atoms with van der Waals surface area (Å²) >= 11 is 0. The second kappa shape index (κ2) is 9.26. The van der Waals surface area contributed by atoms with E-state index in [1.165, 1.54) is 23.3 Å². The molecule has 3 rings (SSSR count). The molecule has 7 heteroatoms. The summed E-state index contributed by atoms with van der Waals surface area (Å²) in [6.45, 7) is 2.84. The minimum absolute atomic E-state index is 0.100. The van der Waals surface area contributed by atoms with Crippen LogP contribution in [0.3, 0.4) is 0 Å². The summed E-state index contributed by atoms with van der Waals surface area (Å²) in [4.78, 5) is 41.6. The second-order valence-corrected chi connectivity index (χ2v) is 8.02. The Labute approximate surface area is 176 Å². The maximum absolute atomic E-state index is 13.1. The van der Waals surface area contributed by atoms with Crippen LogP contribution in [-0.2, 0) is 27.4 Å². The zero-order chi connectivity index (χ0) is 21.7. The largest absolute Gasteiger partial charge is 0.467 e. The number of hydrogen-bond donors (Lipinski definition) is 0. The van der Waals surface area contributed by atoms with E-state index in [4.69, 9.17) is 4.74 Å². The van der Waals surface area contributed by atoms with E-state index in [1.807, 2.05) is 25.2 Å². The van der Waals surface area contributed by atoms with E-state index in [0.29, 0.717) is 13.0 Å². The highest BCUT2D eigenvalue weighted by atomic mass is 16.5. The van der Waals surface area contributed by atoms with Crippen molar-refractivity contribution in [1.29, 1.82) is 0 Å². The van der Waals surface area contributed by atoms with Gasteiger partial charge in [0.25, 0.3) is 5.56 Å². The number of nitrogens with zero attached hydrogens (tertiary/aromatic N) is 3. The van der Waals surface area contributed by atoms with Crippen LogP contribution in [0.2, 0.25) is 0 Å². The number of pyridine rings is 1. The summed E-state index contributed by atoms with van der Waals surface area (Å²) in [6.07, 6.45) is 2.79. The lowest BCUT2D eigenvalue weighted by Gasteiger charge is -2.47. The van der Waals surface area contributed by atoms with Gasteiger partial charge in [0, 0.05) is 31.4 Å². The minimum atomic E-state index is -1.09. The first kappa shape index (κ1) is 21.8. The van der Waals surface area contributed by atoms with Crippen molar-refractivity contribution >= 4 is 11.9 Å². The normalized spacial score (nSPS) is 21.5. The molecule has 0 radical (unpaired) electrons. The lowest BCUT2D eigenvalue weighted by Crippen LogP contribution is -2.63. The number of amides is 1. The predicted molar refractivity (Wildman–Crippen MR) is 114 cm³/mol. The maximum Gasteiger partial charge on any atom is 0.331 e. The Kier molecular flexibility index (Phi) is 6.72. The minimum Gasteiger partial charge on any atom is -0.467 e. The molecule has 1 saturated heterocycles. The van der Waals surface area contributed by atoms with Crippen LogP contribution in [0.5, 0.6) is 0 Å². The summed E-state index contributed by atoms with van der Waals surface area (Å²) in [5, 5.41) is 0. The molecule has 30 heavy (non-hydrogen) atoms. The summed E-state index contributed by atoms with van der Waals surface area (Å²) in [7, 11) is 3.38. The zero-order valence-electron chi connectivity index (χ0n) is 17.8. The zero-order valence-corrected chi connectivity index (χ0v) is 17.8. The van der Waals surface area contributed by atoms with Crippen molar-refractivity contribution in [1.82, 2.24) is 14.4 Å². The van der Waals surface area contributed by atoms with Crippen LogP contribution in [0.25, 0.3) is 0 Å². The van der Waals surface area contributed by atoms with Crippen LogP contribution in [0.15, 0.2) is 59.5 Å². The number of benzene rings is 1. The fourth-order valence-electron chi connectivity index (χ4n) is 4.21. The predicted octanol–water partition coefficient (Wildman–Crippen LogP) is 1.90. The molecule has 1 amide bonds. The van der Waals surface area contributed by atoms with Gasteiger partial charge in [-0.2, -0.15) is 0 Å². The summed E-state index contributed by atoms with van der Waals surface area (Å²) in [5.74, 6) is -0.700. The number of rotatable bonds is 6. The Morgan fingerprint density at radius 3 is 2.53 bits per heavy atom. The Morgan fingerprint density at radius 2 is 1.87 bits per heavy atom. The topological polar surface area (TPSA) is 71.8 Å². The second-order valence-electron chi connectivity index (χ2n) is 8.02. The highest BCUT2D eigenvalue weighted by Crippen LogP contribution is 2.32. The monoisotopic (exact) mass is 411 g/mol. The Hall–Kier alpha value is -2.93. The van der Waals surface area contributed by atoms with E-state index < -0.39 is 11.5 Å². The quantitative estimate of drug-likeness (QED) is 0.679. The van der Waals surface area contributed by atoms with Gasteiger partial charge in [0.15, 0.2) is 0 Å². The molecule has 1 aromatic carbocycles. The van der Waals surface area contributed by atoms with Crippen LogP contribution in [0.4, 0.5) is 0 Å². The van der Waals surface area contributed by atoms with Crippen molar-refractivity contribution in [3.63, 3.8) is 0 Å². The molecule has 1 aromatic heterocycles. The first-order chi connectivity index (χ1) is 14.3. The molecular weight excluding hydrogens is 382 g/mol. The number of carbonyl (C=O) groups is 2. The smallest absolute Gasteiger partial charge is 0.331 e. The van der Waals surface area contributed by atoms with Gasteiger partial charge in [0.2, 0.25) is 5.91 Å². The molecule has 0 N–H and O–H groups in total. The SMILES string of the molecule is COC(=O)C1(C)CC(N(C)Cc2ccccc2)CCN1C(=O)Cn1ccccc1=O. The molecule has 2 unspecified atom stereocenters. The highest BCUT2D eigenvalue weighted by molar-refractivity contribution is 5.88. The van der Waals surface area contributed by atoms with Crippen molar-refractivity contribution < 1.29 is 14.3 Å². The van der Waals surface area contributed by atoms with Crippen LogP contribution in [-0.4, -0.2) is 58.5 Å². The van der Waals surface area contributed by atoms with Gasteiger partial charge in [-0.15, -0.1) is 0 Å². The van der Waals surface area contributed by atoms with Gasteiger partial charge in [-0.3, -0.25) is 14.5 Å². The van der Waals surface area contributed by atoms with E-state index in [2.05, 4.69) is 17.0 Å². The fraction of sp³-hybridized carbons (Fsp3) is 0.435. The van der Waals surface area contributed by atoms with Crippen LogP contribution in [0, 0.1) is 0 Å². The third-order valence-corrected chi connectivity index (χ3v) is 5.94. The van der Waals surface area contributed by atoms with Crippen LogP contribution >= 0.6 is 0 Å². The fourth-order valence-corrected chi connectivity index (χ4v) is 4.21. The number of esters is 1. The molecule has 1 fully saturated rings. The number of piperidine rings is 1. The van der Waals surface area contributed by atoms with Crippen LogP contribution < -0.4 is 5.56 Å². The van der Waals surface area contributed by atoms with Crippen LogP contribution in [0.1, 0.15) is 25.3 Å². The number of aromatic nitrogens is 1. The Morgan fingerprint density at radius 1 is 1.17 bits per heavy atom. The lowest BCUT2D eigenvalue weighted by atomic mass is 9.84. The summed E-state index contributed by atoms with van der Waals surface area (Å²) in [5.41, 5.74) is -0.136. The van der Waals surface area contributed by atoms with E-state index in [0.717, 1.165) is 13.0 Å². The maximum atomic E-state index is 13.1. The molecule has 160 valence electrons. The molecule has 7 nitrogen and oxygen atoms in total. The Balaban J connectivity index is 1.77. The van der Waals surface area contributed by atoms with Gasteiger partial charge in [-0.05, 0) is 38.4 Å². The molecule has 2 atom stereocenters. The molecule has 0 spiro atoms. The number of methoxy groups -OCH3 is 1. The average molecular weight is 412 g/mol. The molecule has 0 aliphatic carbocycles. The number of ether oxygens (including phenoxy) is 1. The molecule has 2 heterocycles. The third-order valence-electron chi connectivity index (χ3n) is 5.94. The van der Waals surface area contributed by atoms with Gasteiger partial charge < -0.3 is 14.2 Å². The average Bonchev–Trinajstić information content (AvgIpc) is 2.75. The van der Waals surface area contributed by atoms with Gasteiger partial charge in [0.1, 0.15) is 12.1 Å². The summed E-state index contributed by atoms with van der Waals surface area (Å²) in [6, 6.07) is 15.0. The van der Waals surface area contributed by atoms with Gasteiger partial charge >= 0.3 is 5.97 Å². The Bertz CT molecular complexity index is 943. The molecule has 2 aromatic rings. The van der Waals surface area contributed by atoms with Gasteiger partial charge in [0.05, 0.1) is 7.11 Å². The van der Waals surface area contributed by atoms with Gasteiger partial charge in [-0.25, -0.2) is 4.79 Å². The van der Waals surface area contributed by atoms with Crippen molar-refractivity contribution in [2.45, 2.75) is 44.4 Å². The molecular formula is C23H29N3O4. The third kappa shape index (κ3) is 4.62. The first-order valence-corrected chi connectivity index (χ1v) is 10.1. The van der Waals surface area contributed by atoms with E-state index >= 15 is 0 Å². The van der Waals surface area contributed by atoms with Crippen molar-refractivity contribution in [3.8, 4) is 0 Å². The summed E-state index contributed by atoms with van der Waals surface area (Å²) < 4.78 is 6.43. The van der Waals surface area contributed by atoms with E-state index in [1.54, 1.807) is 30.2 Å². The molecule has 1 aliphatic rings. The van der Waals surface area contributed by atoms with Gasteiger partial charge in [-0.1, -0.05) is 36.4 Å². The standard InChI is InChI=1S/C23H29N3O4/c1-23(22(29)30-3)15-19(24(2)16-18-9-5-4-6-10-18)12-14-26(23)21(28)17-25-13-8-7-11-20(25)27/h4-11,13,19H,12,14-17H2,1-3H3. The first-order valence-electron chi connectivity index (χ1n) is 10.1. The van der Waals surface area contributed by atoms with Crippen molar-refractivity contribution in [2.75, 3.05) is 20.7 Å². The number of carbonyl (C=O) groups excluding carboxylic acids is 2. The molecule has 0 saturated carbocycles. The van der Waals surface area contributed by atoms with Crippen molar-refractivity contribution in [3.05, 3.63) is 70.6 Å². The molecule has 1 aliphatic heterocycles. The lowest BCUT2D eigenvalue weighted by molar-refractivity contribution is -0.166. The van der Waals surface area contributed by atoms with Crippen molar-refractivity contribution in [2.24, 2.45) is 0 Å². The molecule has 0 bridgehead atoms. The number of hydrogen-bond acceptors (Lipinski definition) is 5.